The van der Waals surface area contributed by atoms with Gasteiger partial charge in [0, 0.05) is 0 Å². The molecule has 0 spiro atoms. The molecule has 0 radical (unpaired) electrons. The number of nitrogens with one attached hydrogen (secondary N) is 1. The second-order valence-corrected chi connectivity index (χ2v) is 5.92. The van der Waals surface area contributed by atoms with Crippen molar-refractivity contribution in [1.82, 2.24) is 0 Å². The molecule has 6 heteroatoms. The molecular formula is C15H11N3O2S. The Bertz CT molecular complexity index is 828. The molecule has 0 bridgehead atoms. The molecule has 0 aliphatic heterocycles. The van der Waals surface area contributed by atoms with E-state index in [-0.39, 0.29) is 22.6 Å². The quantitative estimate of drug-likeness (QED) is 0.937. The summed E-state index contributed by atoms with van der Waals surface area (Å²) in [5.41, 5.74) is 1.23. The zero-order valence-corrected chi connectivity index (χ0v) is 11.8. The molecule has 0 unspecified atom stereocenters. The zero-order valence-electron chi connectivity index (χ0n) is 10.9. The zero-order chi connectivity index (χ0) is 15.3. The number of anilines is 1. The van der Waals surface area contributed by atoms with Crippen molar-refractivity contribution in [3.63, 3.8) is 0 Å². The fraction of sp³-hybridized carbons (Fsp3) is 0.0667. The molecule has 2 rings (SSSR count). The molecule has 0 atom stereocenters. The number of sulfonamides is 1. The summed E-state index contributed by atoms with van der Waals surface area (Å²) in [7, 11) is -3.76. The van der Waals surface area contributed by atoms with E-state index in [1.807, 2.05) is 12.1 Å². The summed E-state index contributed by atoms with van der Waals surface area (Å²) in [6.45, 7) is 0. The van der Waals surface area contributed by atoms with Crippen LogP contribution >= 0.6 is 0 Å². The van der Waals surface area contributed by atoms with Gasteiger partial charge in [-0.25, -0.2) is 8.42 Å². The molecule has 0 saturated heterocycles. The topological polar surface area (TPSA) is 93.8 Å². The third-order valence-corrected chi connectivity index (χ3v) is 4.19. The number of nitriles is 2. The Morgan fingerprint density at radius 1 is 1.00 bits per heavy atom. The smallest absolute Gasteiger partial charge is 0.261 e. The van der Waals surface area contributed by atoms with Crippen molar-refractivity contribution in [2.24, 2.45) is 0 Å². The third-order valence-electron chi connectivity index (χ3n) is 2.81. The average molecular weight is 297 g/mol. The Balaban J connectivity index is 2.31. The standard InChI is InChI=1S/C15H11N3O2S/c16-10-9-12-5-7-14(8-6-12)21(19,20)18-15-4-2-1-3-13(15)11-17/h1-8,18H,9H2. The summed E-state index contributed by atoms with van der Waals surface area (Å²) < 4.78 is 26.9. The second kappa shape index (κ2) is 6.08. The first kappa shape index (κ1) is 14.6. The number of rotatable bonds is 4. The number of para-hydroxylation sites is 1. The van der Waals surface area contributed by atoms with E-state index in [0.29, 0.717) is 0 Å². The van der Waals surface area contributed by atoms with E-state index in [0.717, 1.165) is 5.56 Å². The Morgan fingerprint density at radius 3 is 2.29 bits per heavy atom. The molecule has 0 amide bonds. The summed E-state index contributed by atoms with van der Waals surface area (Å²) >= 11 is 0. The van der Waals surface area contributed by atoms with Crippen molar-refractivity contribution >= 4 is 15.7 Å². The van der Waals surface area contributed by atoms with Crippen molar-refractivity contribution < 1.29 is 8.42 Å². The van der Waals surface area contributed by atoms with Crippen LogP contribution in [0.3, 0.4) is 0 Å². The first-order valence-corrected chi connectivity index (χ1v) is 7.53. The lowest BCUT2D eigenvalue weighted by Crippen LogP contribution is -2.13. The molecule has 0 aromatic heterocycles. The van der Waals surface area contributed by atoms with Crippen molar-refractivity contribution in [3.8, 4) is 12.1 Å². The van der Waals surface area contributed by atoms with E-state index >= 15 is 0 Å². The minimum atomic E-state index is -3.76. The van der Waals surface area contributed by atoms with Crippen LogP contribution in [0.4, 0.5) is 5.69 Å². The van der Waals surface area contributed by atoms with Crippen LogP contribution in [-0.4, -0.2) is 8.42 Å². The van der Waals surface area contributed by atoms with Crippen LogP contribution in [0.15, 0.2) is 53.4 Å². The largest absolute Gasteiger partial charge is 0.278 e. The van der Waals surface area contributed by atoms with Crippen LogP contribution in [0.1, 0.15) is 11.1 Å². The summed E-state index contributed by atoms with van der Waals surface area (Å²) in [6.07, 6.45) is 0.227. The van der Waals surface area contributed by atoms with Crippen molar-refractivity contribution in [3.05, 3.63) is 59.7 Å². The second-order valence-electron chi connectivity index (χ2n) is 4.24. The van der Waals surface area contributed by atoms with E-state index in [1.165, 1.54) is 24.3 Å². The van der Waals surface area contributed by atoms with Gasteiger partial charge < -0.3 is 0 Å². The van der Waals surface area contributed by atoms with Crippen LogP contribution in [0.5, 0.6) is 0 Å². The molecule has 1 N–H and O–H groups in total. The number of hydrogen-bond acceptors (Lipinski definition) is 4. The monoisotopic (exact) mass is 297 g/mol. The fourth-order valence-corrected chi connectivity index (χ4v) is 2.83. The summed E-state index contributed by atoms with van der Waals surface area (Å²) in [6, 6.07) is 16.4. The van der Waals surface area contributed by atoms with E-state index in [2.05, 4.69) is 4.72 Å². The fourth-order valence-electron chi connectivity index (χ4n) is 1.75. The minimum absolute atomic E-state index is 0.0805. The van der Waals surface area contributed by atoms with E-state index in [9.17, 15) is 8.42 Å². The lowest BCUT2D eigenvalue weighted by Gasteiger charge is -2.09. The number of nitrogens with zero attached hydrogens (tertiary/aromatic N) is 2. The van der Waals surface area contributed by atoms with Gasteiger partial charge in [-0.1, -0.05) is 24.3 Å². The van der Waals surface area contributed by atoms with Gasteiger partial charge in [0.15, 0.2) is 0 Å². The molecule has 2 aromatic carbocycles. The highest BCUT2D eigenvalue weighted by Gasteiger charge is 2.15. The van der Waals surface area contributed by atoms with Gasteiger partial charge in [0.2, 0.25) is 0 Å². The predicted molar refractivity (Wildman–Crippen MR) is 77.7 cm³/mol. The van der Waals surface area contributed by atoms with Gasteiger partial charge in [0.25, 0.3) is 10.0 Å². The van der Waals surface area contributed by atoms with Crippen LogP contribution in [0.2, 0.25) is 0 Å². The summed E-state index contributed by atoms with van der Waals surface area (Å²) in [4.78, 5) is 0.0805. The maximum atomic E-state index is 12.3. The minimum Gasteiger partial charge on any atom is -0.278 e. The van der Waals surface area contributed by atoms with E-state index < -0.39 is 10.0 Å². The molecule has 21 heavy (non-hydrogen) atoms. The average Bonchev–Trinajstić information content (AvgIpc) is 2.48. The maximum absolute atomic E-state index is 12.3. The third kappa shape index (κ3) is 3.38. The SMILES string of the molecule is N#CCc1ccc(S(=O)(=O)Nc2ccccc2C#N)cc1. The molecule has 0 saturated carbocycles. The van der Waals surface area contributed by atoms with Crippen molar-refractivity contribution in [2.75, 3.05) is 4.72 Å². The van der Waals surface area contributed by atoms with Gasteiger partial charge in [0.05, 0.1) is 28.6 Å². The summed E-state index contributed by atoms with van der Waals surface area (Å²) in [5.74, 6) is 0. The Kier molecular flexibility index (Phi) is 4.22. The lowest BCUT2D eigenvalue weighted by molar-refractivity contribution is 0.601. The van der Waals surface area contributed by atoms with Crippen molar-refractivity contribution in [2.45, 2.75) is 11.3 Å². The highest BCUT2D eigenvalue weighted by atomic mass is 32.2. The Hall–Kier alpha value is -2.83. The van der Waals surface area contributed by atoms with Gasteiger partial charge in [-0.3, -0.25) is 4.72 Å². The van der Waals surface area contributed by atoms with Gasteiger partial charge >= 0.3 is 0 Å². The number of benzene rings is 2. The lowest BCUT2D eigenvalue weighted by atomic mass is 10.2. The van der Waals surface area contributed by atoms with E-state index in [1.54, 1.807) is 24.3 Å². The first-order valence-electron chi connectivity index (χ1n) is 6.04. The van der Waals surface area contributed by atoms with Gasteiger partial charge in [0.1, 0.15) is 6.07 Å². The normalized spacial score (nSPS) is 10.4. The highest BCUT2D eigenvalue weighted by molar-refractivity contribution is 7.92. The molecule has 2 aromatic rings. The summed E-state index contributed by atoms with van der Waals surface area (Å²) in [5, 5.41) is 17.6. The Morgan fingerprint density at radius 2 is 1.67 bits per heavy atom. The van der Waals surface area contributed by atoms with Crippen molar-refractivity contribution in [1.29, 1.82) is 10.5 Å². The number of hydrogen-bond donors (Lipinski definition) is 1. The van der Waals surface area contributed by atoms with Crippen LogP contribution in [0.25, 0.3) is 0 Å². The highest BCUT2D eigenvalue weighted by Crippen LogP contribution is 2.19. The van der Waals surface area contributed by atoms with E-state index in [4.69, 9.17) is 10.5 Å². The molecule has 0 aliphatic carbocycles. The molecule has 104 valence electrons. The first-order chi connectivity index (χ1) is 10.1. The molecule has 5 nitrogen and oxygen atoms in total. The predicted octanol–water partition coefficient (Wildman–Crippen LogP) is 2.43. The Labute approximate surface area is 123 Å². The van der Waals surface area contributed by atoms with Crippen LogP contribution in [-0.2, 0) is 16.4 Å². The van der Waals surface area contributed by atoms with Gasteiger partial charge in [-0.05, 0) is 29.8 Å². The van der Waals surface area contributed by atoms with Gasteiger partial charge in [-0.15, -0.1) is 0 Å². The van der Waals surface area contributed by atoms with Crippen LogP contribution in [0, 0.1) is 22.7 Å². The van der Waals surface area contributed by atoms with Crippen LogP contribution < -0.4 is 4.72 Å². The molecular weight excluding hydrogens is 286 g/mol. The molecule has 0 heterocycles. The molecule has 0 fully saturated rings. The maximum Gasteiger partial charge on any atom is 0.261 e. The molecule has 0 aliphatic rings. The van der Waals surface area contributed by atoms with Gasteiger partial charge in [-0.2, -0.15) is 10.5 Å².